The third kappa shape index (κ3) is 6.52. The lowest BCUT2D eigenvalue weighted by atomic mass is 10.2. The van der Waals surface area contributed by atoms with Crippen molar-refractivity contribution in [3.8, 4) is 0 Å². The molecule has 0 bridgehead atoms. The van der Waals surface area contributed by atoms with E-state index in [9.17, 15) is 4.79 Å². The SMILES string of the molecule is CNCCCn1ccnc1.Cc1cccc(C=O)c1. The van der Waals surface area contributed by atoms with Crippen molar-refractivity contribution in [3.05, 3.63) is 54.1 Å². The summed E-state index contributed by atoms with van der Waals surface area (Å²) in [5, 5.41) is 3.10. The lowest BCUT2D eigenvalue weighted by molar-refractivity contribution is 0.112. The molecule has 4 heteroatoms. The van der Waals surface area contributed by atoms with E-state index >= 15 is 0 Å². The Morgan fingerprint density at radius 1 is 1.42 bits per heavy atom. The topological polar surface area (TPSA) is 46.9 Å². The van der Waals surface area contributed by atoms with Crippen LogP contribution < -0.4 is 5.32 Å². The van der Waals surface area contributed by atoms with Gasteiger partial charge in [0.2, 0.25) is 0 Å². The first-order chi connectivity index (χ1) is 9.26. The molecule has 0 unspecified atom stereocenters. The van der Waals surface area contributed by atoms with Crippen molar-refractivity contribution < 1.29 is 4.79 Å². The molecular formula is C15H21N3O. The van der Waals surface area contributed by atoms with Crippen molar-refractivity contribution in [3.63, 3.8) is 0 Å². The van der Waals surface area contributed by atoms with Crippen LogP contribution in [0, 0.1) is 6.92 Å². The number of imidazole rings is 1. The Labute approximate surface area is 114 Å². The molecule has 0 saturated heterocycles. The first-order valence-corrected chi connectivity index (χ1v) is 6.38. The van der Waals surface area contributed by atoms with Gasteiger partial charge >= 0.3 is 0 Å². The van der Waals surface area contributed by atoms with Gasteiger partial charge in [0, 0.05) is 24.5 Å². The molecule has 0 aliphatic carbocycles. The number of carbonyl (C=O) groups excluding carboxylic acids is 1. The third-order valence-electron chi connectivity index (χ3n) is 2.58. The Hall–Kier alpha value is -1.94. The second-order valence-electron chi connectivity index (χ2n) is 4.29. The maximum atomic E-state index is 10.2. The van der Waals surface area contributed by atoms with Crippen molar-refractivity contribution in [1.29, 1.82) is 0 Å². The van der Waals surface area contributed by atoms with Crippen LogP contribution in [0.15, 0.2) is 43.0 Å². The molecule has 2 aromatic rings. The second kappa shape index (κ2) is 9.05. The lowest BCUT2D eigenvalue weighted by Gasteiger charge is -1.99. The molecule has 0 fully saturated rings. The molecule has 0 radical (unpaired) electrons. The minimum atomic E-state index is 0.745. The molecule has 0 aliphatic heterocycles. The van der Waals surface area contributed by atoms with E-state index in [-0.39, 0.29) is 0 Å². The Kier molecular flexibility index (Phi) is 7.20. The molecule has 0 aliphatic rings. The van der Waals surface area contributed by atoms with E-state index in [1.165, 1.54) is 0 Å². The van der Waals surface area contributed by atoms with Gasteiger partial charge in [-0.2, -0.15) is 0 Å². The number of hydrogen-bond acceptors (Lipinski definition) is 3. The number of nitrogens with one attached hydrogen (secondary N) is 1. The van der Waals surface area contributed by atoms with Gasteiger partial charge in [0.15, 0.2) is 0 Å². The molecule has 1 N–H and O–H groups in total. The molecular weight excluding hydrogens is 238 g/mol. The monoisotopic (exact) mass is 259 g/mol. The summed E-state index contributed by atoms with van der Waals surface area (Å²) >= 11 is 0. The predicted molar refractivity (Wildman–Crippen MR) is 77.3 cm³/mol. The van der Waals surface area contributed by atoms with Gasteiger partial charge < -0.3 is 9.88 Å². The minimum absolute atomic E-state index is 0.745. The summed E-state index contributed by atoms with van der Waals surface area (Å²) < 4.78 is 2.08. The molecule has 0 spiro atoms. The minimum Gasteiger partial charge on any atom is -0.337 e. The highest BCUT2D eigenvalue weighted by atomic mass is 16.1. The van der Waals surface area contributed by atoms with Gasteiger partial charge in [-0.05, 0) is 33.0 Å². The van der Waals surface area contributed by atoms with Crippen LogP contribution in [-0.4, -0.2) is 29.4 Å². The van der Waals surface area contributed by atoms with Crippen LogP contribution in [0.2, 0.25) is 0 Å². The number of carbonyl (C=O) groups is 1. The standard InChI is InChI=1S/C8H8O.C7H13N3/c1-7-3-2-4-8(5-7)6-9;1-8-3-2-5-10-6-4-9-7-10/h2-6H,1H3;4,6-8H,2-3,5H2,1H3. The van der Waals surface area contributed by atoms with Gasteiger partial charge in [0.25, 0.3) is 0 Å². The highest BCUT2D eigenvalue weighted by Gasteiger charge is 1.87. The number of benzene rings is 1. The smallest absolute Gasteiger partial charge is 0.150 e. The van der Waals surface area contributed by atoms with Crippen molar-refractivity contribution >= 4 is 6.29 Å². The molecule has 19 heavy (non-hydrogen) atoms. The van der Waals surface area contributed by atoms with Crippen LogP contribution in [0.25, 0.3) is 0 Å². The van der Waals surface area contributed by atoms with Crippen LogP contribution in [0.5, 0.6) is 0 Å². The van der Waals surface area contributed by atoms with E-state index in [4.69, 9.17) is 0 Å². The molecule has 2 rings (SSSR count). The first-order valence-electron chi connectivity index (χ1n) is 6.38. The average molecular weight is 259 g/mol. The third-order valence-corrected chi connectivity index (χ3v) is 2.58. The summed E-state index contributed by atoms with van der Waals surface area (Å²) in [7, 11) is 1.97. The van der Waals surface area contributed by atoms with E-state index in [0.29, 0.717) is 0 Å². The van der Waals surface area contributed by atoms with Gasteiger partial charge in [0.05, 0.1) is 6.33 Å². The van der Waals surface area contributed by atoms with Gasteiger partial charge in [-0.3, -0.25) is 4.79 Å². The largest absolute Gasteiger partial charge is 0.337 e. The van der Waals surface area contributed by atoms with E-state index in [1.807, 2.05) is 44.7 Å². The number of nitrogens with zero attached hydrogens (tertiary/aromatic N) is 2. The van der Waals surface area contributed by atoms with Crippen LogP contribution in [0.1, 0.15) is 22.3 Å². The molecule has 1 aromatic heterocycles. The Morgan fingerprint density at radius 2 is 2.26 bits per heavy atom. The zero-order valence-corrected chi connectivity index (χ0v) is 11.5. The maximum Gasteiger partial charge on any atom is 0.150 e. The summed E-state index contributed by atoms with van der Waals surface area (Å²) in [5.74, 6) is 0. The van der Waals surface area contributed by atoms with Crippen molar-refractivity contribution in [1.82, 2.24) is 14.9 Å². The van der Waals surface area contributed by atoms with Crippen LogP contribution >= 0.6 is 0 Å². The summed E-state index contributed by atoms with van der Waals surface area (Å²) in [6.45, 7) is 4.09. The molecule has 0 atom stereocenters. The Bertz CT molecular complexity index is 466. The quantitative estimate of drug-likeness (QED) is 0.662. The van der Waals surface area contributed by atoms with Gasteiger partial charge in [-0.25, -0.2) is 4.98 Å². The summed E-state index contributed by atoms with van der Waals surface area (Å²) in [6, 6.07) is 7.49. The normalized spacial score (nSPS) is 9.58. The molecule has 4 nitrogen and oxygen atoms in total. The summed E-state index contributed by atoms with van der Waals surface area (Å²) in [6.07, 6.45) is 7.64. The zero-order valence-electron chi connectivity index (χ0n) is 11.5. The van der Waals surface area contributed by atoms with Crippen molar-refractivity contribution in [2.45, 2.75) is 19.9 Å². The number of aromatic nitrogens is 2. The first kappa shape index (κ1) is 15.1. The van der Waals surface area contributed by atoms with Crippen LogP contribution in [0.3, 0.4) is 0 Å². The number of aldehydes is 1. The zero-order chi connectivity index (χ0) is 13.9. The van der Waals surface area contributed by atoms with Crippen molar-refractivity contribution in [2.75, 3.05) is 13.6 Å². The van der Waals surface area contributed by atoms with E-state index in [0.717, 1.165) is 36.9 Å². The highest BCUT2D eigenvalue weighted by molar-refractivity contribution is 5.74. The lowest BCUT2D eigenvalue weighted by Crippen LogP contribution is -2.10. The van der Waals surface area contributed by atoms with Crippen LogP contribution in [-0.2, 0) is 6.54 Å². The van der Waals surface area contributed by atoms with Gasteiger partial charge in [-0.1, -0.05) is 23.8 Å². The predicted octanol–water partition coefficient (Wildman–Crippen LogP) is 2.30. The fourth-order valence-electron chi connectivity index (χ4n) is 1.60. The molecule has 0 amide bonds. The number of rotatable bonds is 5. The fraction of sp³-hybridized carbons (Fsp3) is 0.333. The molecule has 0 saturated carbocycles. The fourth-order valence-corrected chi connectivity index (χ4v) is 1.60. The maximum absolute atomic E-state index is 10.2. The van der Waals surface area contributed by atoms with E-state index < -0.39 is 0 Å². The van der Waals surface area contributed by atoms with Crippen LogP contribution in [0.4, 0.5) is 0 Å². The van der Waals surface area contributed by atoms with Gasteiger partial charge in [-0.15, -0.1) is 0 Å². The number of aryl methyl sites for hydroxylation is 2. The summed E-state index contributed by atoms with van der Waals surface area (Å²) in [5.41, 5.74) is 1.87. The van der Waals surface area contributed by atoms with E-state index in [1.54, 1.807) is 12.3 Å². The molecule has 1 aromatic carbocycles. The summed E-state index contributed by atoms with van der Waals surface area (Å²) in [4.78, 5) is 14.1. The second-order valence-corrected chi connectivity index (χ2v) is 4.29. The molecule has 1 heterocycles. The Balaban J connectivity index is 0.000000191. The Morgan fingerprint density at radius 3 is 2.79 bits per heavy atom. The number of hydrogen-bond donors (Lipinski definition) is 1. The van der Waals surface area contributed by atoms with Crippen molar-refractivity contribution in [2.24, 2.45) is 0 Å². The molecule has 102 valence electrons. The van der Waals surface area contributed by atoms with Gasteiger partial charge in [0.1, 0.15) is 6.29 Å². The average Bonchev–Trinajstić information content (AvgIpc) is 2.93. The van der Waals surface area contributed by atoms with E-state index in [2.05, 4.69) is 14.9 Å². The highest BCUT2D eigenvalue weighted by Crippen LogP contribution is 1.99.